The van der Waals surface area contributed by atoms with Crippen molar-refractivity contribution in [3.05, 3.63) is 35.4 Å². The summed E-state index contributed by atoms with van der Waals surface area (Å²) in [6, 6.07) is 8.54. The largest absolute Gasteiger partial charge is 0.385 e. The number of methoxy groups -OCH3 is 1. The van der Waals surface area contributed by atoms with E-state index in [-0.39, 0.29) is 0 Å². The van der Waals surface area contributed by atoms with E-state index in [9.17, 15) is 5.11 Å². The average molecular weight is 260 g/mol. The zero-order valence-corrected chi connectivity index (χ0v) is 11.8. The van der Waals surface area contributed by atoms with E-state index in [1.807, 2.05) is 0 Å². The maximum absolute atomic E-state index is 11.0. The molecule has 1 aromatic rings. The van der Waals surface area contributed by atoms with Crippen molar-refractivity contribution in [2.24, 2.45) is 0 Å². The van der Waals surface area contributed by atoms with Gasteiger partial charge < -0.3 is 9.84 Å². The highest BCUT2D eigenvalue weighted by Crippen LogP contribution is 2.45. The highest BCUT2D eigenvalue weighted by Gasteiger charge is 2.37. The Balaban J connectivity index is 1.85. The van der Waals surface area contributed by atoms with Crippen LogP contribution in [-0.2, 0) is 10.3 Å². The summed E-state index contributed by atoms with van der Waals surface area (Å²) in [5, 5.41) is 11.0. The predicted molar refractivity (Wildman–Crippen MR) is 76.2 cm³/mol. The number of ether oxygens (including phenoxy) is 1. The maximum atomic E-state index is 11.0. The molecule has 2 saturated carbocycles. The molecule has 19 heavy (non-hydrogen) atoms. The number of hydrogen-bond acceptors (Lipinski definition) is 2. The first-order valence-electron chi connectivity index (χ1n) is 7.57. The van der Waals surface area contributed by atoms with Crippen LogP contribution in [0.1, 0.15) is 62.0 Å². The summed E-state index contributed by atoms with van der Waals surface area (Å²) in [5.74, 6) is 0.681. The van der Waals surface area contributed by atoms with Crippen molar-refractivity contribution in [1.29, 1.82) is 0 Å². The van der Waals surface area contributed by atoms with E-state index >= 15 is 0 Å². The Bertz CT molecular complexity index is 429. The molecular weight excluding hydrogens is 236 g/mol. The van der Waals surface area contributed by atoms with Gasteiger partial charge in [0.05, 0.1) is 11.7 Å². The van der Waals surface area contributed by atoms with Crippen molar-refractivity contribution in [2.45, 2.75) is 62.6 Å². The normalized spacial score (nSPS) is 32.0. The molecule has 0 spiro atoms. The first kappa shape index (κ1) is 13.1. The fourth-order valence-electron chi connectivity index (χ4n) is 3.57. The van der Waals surface area contributed by atoms with Crippen LogP contribution in [-0.4, -0.2) is 18.3 Å². The molecule has 0 saturated heterocycles. The van der Waals surface area contributed by atoms with Crippen LogP contribution in [0.4, 0.5) is 0 Å². The van der Waals surface area contributed by atoms with Gasteiger partial charge in [0, 0.05) is 7.11 Å². The third-order valence-electron chi connectivity index (χ3n) is 5.10. The molecule has 2 nitrogen and oxygen atoms in total. The van der Waals surface area contributed by atoms with Crippen molar-refractivity contribution >= 4 is 0 Å². The fraction of sp³-hybridized carbons (Fsp3) is 0.647. The first-order valence-corrected chi connectivity index (χ1v) is 7.57. The van der Waals surface area contributed by atoms with Gasteiger partial charge in [0.15, 0.2) is 0 Å². The van der Waals surface area contributed by atoms with Gasteiger partial charge in [-0.2, -0.15) is 0 Å². The Morgan fingerprint density at radius 1 is 1.11 bits per heavy atom. The van der Waals surface area contributed by atoms with Gasteiger partial charge in [0.2, 0.25) is 0 Å². The monoisotopic (exact) mass is 260 g/mol. The van der Waals surface area contributed by atoms with Crippen LogP contribution in [0.3, 0.4) is 0 Å². The summed E-state index contributed by atoms with van der Waals surface area (Å²) < 4.78 is 5.42. The summed E-state index contributed by atoms with van der Waals surface area (Å²) in [6.07, 6.45) is 7.82. The molecule has 0 atom stereocenters. The van der Waals surface area contributed by atoms with Crippen molar-refractivity contribution in [3.63, 3.8) is 0 Å². The van der Waals surface area contributed by atoms with E-state index in [2.05, 4.69) is 24.3 Å². The molecule has 2 fully saturated rings. The summed E-state index contributed by atoms with van der Waals surface area (Å²) in [7, 11) is 1.78. The van der Waals surface area contributed by atoms with Gasteiger partial charge in [-0.05, 0) is 55.6 Å². The lowest BCUT2D eigenvalue weighted by atomic mass is 9.71. The third kappa shape index (κ3) is 2.44. The molecule has 3 rings (SSSR count). The van der Waals surface area contributed by atoms with Crippen LogP contribution in [0.25, 0.3) is 0 Å². The Hall–Kier alpha value is -0.860. The summed E-state index contributed by atoms with van der Waals surface area (Å²) in [5.41, 5.74) is 1.96. The Kier molecular flexibility index (Phi) is 3.64. The zero-order valence-electron chi connectivity index (χ0n) is 11.8. The van der Waals surface area contributed by atoms with E-state index in [4.69, 9.17) is 4.74 Å². The van der Waals surface area contributed by atoms with Crippen molar-refractivity contribution < 1.29 is 9.84 Å². The summed E-state index contributed by atoms with van der Waals surface area (Å²) >= 11 is 0. The Morgan fingerprint density at radius 2 is 1.79 bits per heavy atom. The molecule has 0 heterocycles. The van der Waals surface area contributed by atoms with Gasteiger partial charge >= 0.3 is 0 Å². The van der Waals surface area contributed by atoms with E-state index in [1.54, 1.807) is 7.11 Å². The molecule has 0 aromatic heterocycles. The minimum atomic E-state index is -0.624. The molecule has 2 aliphatic rings. The van der Waals surface area contributed by atoms with E-state index in [1.165, 1.54) is 30.4 Å². The molecule has 0 aliphatic heterocycles. The SMILES string of the molecule is COC1CCC(O)(c2ccccc2C2CCC2)CC1. The van der Waals surface area contributed by atoms with Gasteiger partial charge in [-0.15, -0.1) is 0 Å². The van der Waals surface area contributed by atoms with Crippen molar-refractivity contribution in [2.75, 3.05) is 7.11 Å². The number of hydrogen-bond donors (Lipinski definition) is 1. The fourth-order valence-corrected chi connectivity index (χ4v) is 3.57. The van der Waals surface area contributed by atoms with Crippen LogP contribution in [0.15, 0.2) is 24.3 Å². The van der Waals surface area contributed by atoms with Crippen molar-refractivity contribution in [3.8, 4) is 0 Å². The van der Waals surface area contributed by atoms with Gasteiger partial charge in [-0.1, -0.05) is 30.7 Å². The zero-order chi connectivity index (χ0) is 13.3. The van der Waals surface area contributed by atoms with Crippen LogP contribution in [0.2, 0.25) is 0 Å². The third-order valence-corrected chi connectivity index (χ3v) is 5.10. The predicted octanol–water partition coefficient (Wildman–Crippen LogP) is 3.73. The smallest absolute Gasteiger partial charge is 0.0901 e. The minimum Gasteiger partial charge on any atom is -0.385 e. The topological polar surface area (TPSA) is 29.5 Å². The molecular formula is C17H24O2. The van der Waals surface area contributed by atoms with Gasteiger partial charge in [-0.3, -0.25) is 0 Å². The Morgan fingerprint density at radius 3 is 2.37 bits per heavy atom. The van der Waals surface area contributed by atoms with Crippen LogP contribution < -0.4 is 0 Å². The maximum Gasteiger partial charge on any atom is 0.0901 e. The highest BCUT2D eigenvalue weighted by molar-refractivity contribution is 5.36. The second kappa shape index (κ2) is 5.26. The second-order valence-corrected chi connectivity index (χ2v) is 6.18. The minimum absolute atomic E-state index is 0.330. The molecule has 2 aliphatic carbocycles. The molecule has 0 radical (unpaired) electrons. The van der Waals surface area contributed by atoms with Crippen LogP contribution in [0, 0.1) is 0 Å². The average Bonchev–Trinajstić information content (AvgIpc) is 2.38. The van der Waals surface area contributed by atoms with E-state index in [0.29, 0.717) is 12.0 Å². The van der Waals surface area contributed by atoms with Gasteiger partial charge in [0.1, 0.15) is 0 Å². The van der Waals surface area contributed by atoms with Crippen LogP contribution in [0.5, 0.6) is 0 Å². The van der Waals surface area contributed by atoms with Gasteiger partial charge in [0.25, 0.3) is 0 Å². The quantitative estimate of drug-likeness (QED) is 0.897. The standard InChI is InChI=1S/C17H24O2/c1-19-14-9-11-17(18,12-10-14)16-8-3-2-7-15(16)13-5-4-6-13/h2-3,7-8,13-14,18H,4-6,9-12H2,1H3. The first-order chi connectivity index (χ1) is 9.23. The van der Waals surface area contributed by atoms with Crippen LogP contribution >= 0.6 is 0 Å². The lowest BCUT2D eigenvalue weighted by Gasteiger charge is -2.39. The summed E-state index contributed by atoms with van der Waals surface area (Å²) in [4.78, 5) is 0. The molecule has 0 bridgehead atoms. The lowest BCUT2D eigenvalue weighted by molar-refractivity contribution is -0.0482. The number of benzene rings is 1. The molecule has 1 N–H and O–H groups in total. The molecule has 104 valence electrons. The highest BCUT2D eigenvalue weighted by atomic mass is 16.5. The number of rotatable bonds is 3. The number of aliphatic hydroxyl groups is 1. The second-order valence-electron chi connectivity index (χ2n) is 6.18. The van der Waals surface area contributed by atoms with E-state index in [0.717, 1.165) is 25.7 Å². The lowest BCUT2D eigenvalue weighted by Crippen LogP contribution is -2.35. The van der Waals surface area contributed by atoms with E-state index < -0.39 is 5.60 Å². The molecule has 1 aromatic carbocycles. The van der Waals surface area contributed by atoms with Crippen molar-refractivity contribution in [1.82, 2.24) is 0 Å². The summed E-state index contributed by atoms with van der Waals surface area (Å²) in [6.45, 7) is 0. The Labute approximate surface area is 115 Å². The van der Waals surface area contributed by atoms with Gasteiger partial charge in [-0.25, -0.2) is 0 Å². The molecule has 0 amide bonds. The molecule has 0 unspecified atom stereocenters. The molecule has 2 heteroatoms.